The zero-order valence-corrected chi connectivity index (χ0v) is 12.0. The maximum atomic E-state index is 2.31. The molecule has 0 fully saturated rings. The van der Waals surface area contributed by atoms with Gasteiger partial charge in [-0.15, -0.1) is 0 Å². The fourth-order valence-electron chi connectivity index (χ4n) is 2.94. The summed E-state index contributed by atoms with van der Waals surface area (Å²) in [5.74, 6) is 0. The van der Waals surface area contributed by atoms with Crippen LogP contribution in [0.1, 0.15) is 37.5 Å². The van der Waals surface area contributed by atoms with Crippen LogP contribution in [-0.2, 0) is 5.41 Å². The molecule has 0 unspecified atom stereocenters. The van der Waals surface area contributed by atoms with Gasteiger partial charge in [0.2, 0.25) is 0 Å². The van der Waals surface area contributed by atoms with Gasteiger partial charge in [0.15, 0.2) is 0 Å². The minimum atomic E-state index is 0.212. The van der Waals surface area contributed by atoms with E-state index in [9.17, 15) is 0 Å². The first-order valence-corrected chi connectivity index (χ1v) is 6.57. The summed E-state index contributed by atoms with van der Waals surface area (Å²) in [6, 6.07) is 15.2. The smallest absolute Gasteiger partial charge is 0.0127 e. The Morgan fingerprint density at radius 2 is 1.22 bits per heavy atom. The maximum Gasteiger partial charge on any atom is -0.0127 e. The first-order chi connectivity index (χ1) is 8.39. The number of hydrogen-bond acceptors (Lipinski definition) is 0. The number of benzene rings is 2. The molecule has 0 nitrogen and oxygen atoms in total. The van der Waals surface area contributed by atoms with E-state index in [1.54, 1.807) is 0 Å². The summed E-state index contributed by atoms with van der Waals surface area (Å²) < 4.78 is 0. The van der Waals surface area contributed by atoms with E-state index in [1.807, 2.05) is 0 Å². The quantitative estimate of drug-likeness (QED) is 0.635. The van der Waals surface area contributed by atoms with Crippen LogP contribution < -0.4 is 0 Å². The van der Waals surface area contributed by atoms with Crippen LogP contribution in [0.15, 0.2) is 42.5 Å². The molecule has 0 atom stereocenters. The minimum absolute atomic E-state index is 0.212. The Hall–Kier alpha value is -1.56. The van der Waals surface area contributed by atoms with Crippen molar-refractivity contribution in [1.82, 2.24) is 0 Å². The lowest BCUT2D eigenvalue weighted by Crippen LogP contribution is -2.15. The molecule has 0 aromatic heterocycles. The van der Waals surface area contributed by atoms with Gasteiger partial charge in [0.25, 0.3) is 0 Å². The normalized spacial score (nSPS) is 11.6. The Morgan fingerprint density at radius 1 is 0.722 bits per heavy atom. The summed E-state index contributed by atoms with van der Waals surface area (Å²) in [7, 11) is 0. The van der Waals surface area contributed by atoms with Crippen molar-refractivity contribution >= 4 is 0 Å². The average molecular weight is 238 g/mol. The van der Waals surface area contributed by atoms with Gasteiger partial charge in [-0.3, -0.25) is 0 Å². The predicted octanol–water partition coefficient (Wildman–Crippen LogP) is 5.27. The molecule has 0 heterocycles. The summed E-state index contributed by atoms with van der Waals surface area (Å²) in [5.41, 5.74) is 7.08. The van der Waals surface area contributed by atoms with Gasteiger partial charge in [0.1, 0.15) is 0 Å². The monoisotopic (exact) mass is 238 g/mol. The number of hydrogen-bond donors (Lipinski definition) is 0. The largest absolute Gasteiger partial charge is 0.0622 e. The SMILES string of the molecule is Cc1cc(-c2ccccc2)cc(C)c1C(C)(C)C. The van der Waals surface area contributed by atoms with Crippen LogP contribution in [-0.4, -0.2) is 0 Å². The van der Waals surface area contributed by atoms with E-state index >= 15 is 0 Å². The molecule has 2 aromatic carbocycles. The zero-order valence-electron chi connectivity index (χ0n) is 12.0. The molecule has 0 saturated heterocycles. The van der Waals surface area contributed by atoms with Crippen molar-refractivity contribution in [3.05, 3.63) is 59.2 Å². The second-order valence-electron chi connectivity index (χ2n) is 6.10. The van der Waals surface area contributed by atoms with E-state index in [1.165, 1.54) is 27.8 Å². The first kappa shape index (κ1) is 12.9. The summed E-state index contributed by atoms with van der Waals surface area (Å²) in [4.78, 5) is 0. The van der Waals surface area contributed by atoms with Gasteiger partial charge in [-0.25, -0.2) is 0 Å². The van der Waals surface area contributed by atoms with E-state index < -0.39 is 0 Å². The molecule has 94 valence electrons. The van der Waals surface area contributed by atoms with Crippen LogP contribution in [0, 0.1) is 13.8 Å². The highest BCUT2D eigenvalue weighted by atomic mass is 14.2. The van der Waals surface area contributed by atoms with Crippen molar-refractivity contribution < 1.29 is 0 Å². The third-order valence-corrected chi connectivity index (χ3v) is 3.39. The predicted molar refractivity (Wildman–Crippen MR) is 80.1 cm³/mol. The Labute approximate surface area is 111 Å². The second-order valence-corrected chi connectivity index (χ2v) is 6.10. The van der Waals surface area contributed by atoms with Crippen molar-refractivity contribution in [2.24, 2.45) is 0 Å². The van der Waals surface area contributed by atoms with Gasteiger partial charge in [0.05, 0.1) is 0 Å². The molecule has 0 bridgehead atoms. The van der Waals surface area contributed by atoms with Crippen LogP contribution in [0.2, 0.25) is 0 Å². The Bertz CT molecular complexity index is 519. The van der Waals surface area contributed by atoms with Crippen molar-refractivity contribution in [1.29, 1.82) is 0 Å². The van der Waals surface area contributed by atoms with Crippen LogP contribution in [0.3, 0.4) is 0 Å². The third kappa shape index (κ3) is 2.48. The molecule has 0 radical (unpaired) electrons. The summed E-state index contributed by atoms with van der Waals surface area (Å²) in [6.07, 6.45) is 0. The standard InChI is InChI=1S/C18H22/c1-13-11-16(15-9-7-6-8-10-15)12-14(2)17(13)18(3,4)5/h6-12H,1-5H3. The fraction of sp³-hybridized carbons (Fsp3) is 0.333. The van der Waals surface area contributed by atoms with Gasteiger partial charge < -0.3 is 0 Å². The van der Waals surface area contributed by atoms with Gasteiger partial charge in [0, 0.05) is 0 Å². The molecule has 0 aliphatic carbocycles. The van der Waals surface area contributed by atoms with E-state index in [4.69, 9.17) is 0 Å². The van der Waals surface area contributed by atoms with Crippen molar-refractivity contribution in [2.75, 3.05) is 0 Å². The Balaban J connectivity index is 2.57. The van der Waals surface area contributed by atoms with Crippen LogP contribution in [0.25, 0.3) is 11.1 Å². The van der Waals surface area contributed by atoms with Crippen LogP contribution in [0.5, 0.6) is 0 Å². The Morgan fingerprint density at radius 3 is 1.67 bits per heavy atom. The van der Waals surface area contributed by atoms with Gasteiger partial charge in [-0.2, -0.15) is 0 Å². The highest BCUT2D eigenvalue weighted by Crippen LogP contribution is 2.32. The lowest BCUT2D eigenvalue weighted by atomic mass is 9.80. The molecule has 0 heteroatoms. The number of rotatable bonds is 1. The van der Waals surface area contributed by atoms with Crippen LogP contribution >= 0.6 is 0 Å². The highest BCUT2D eigenvalue weighted by Gasteiger charge is 2.19. The fourth-order valence-corrected chi connectivity index (χ4v) is 2.94. The zero-order chi connectivity index (χ0) is 13.3. The van der Waals surface area contributed by atoms with Gasteiger partial charge in [-0.05, 0) is 47.1 Å². The number of aryl methyl sites for hydroxylation is 2. The first-order valence-electron chi connectivity index (χ1n) is 6.57. The second kappa shape index (κ2) is 4.61. The average Bonchev–Trinajstić information content (AvgIpc) is 2.27. The molecule has 0 N–H and O–H groups in total. The van der Waals surface area contributed by atoms with Crippen LogP contribution in [0.4, 0.5) is 0 Å². The lowest BCUT2D eigenvalue weighted by molar-refractivity contribution is 0.582. The summed E-state index contributed by atoms with van der Waals surface area (Å²) in [5, 5.41) is 0. The van der Waals surface area contributed by atoms with E-state index in [2.05, 4.69) is 77.1 Å². The Kier molecular flexibility index (Phi) is 3.30. The molecular weight excluding hydrogens is 216 g/mol. The summed E-state index contributed by atoms with van der Waals surface area (Å²) >= 11 is 0. The maximum absolute atomic E-state index is 2.31. The molecule has 0 aliphatic heterocycles. The third-order valence-electron chi connectivity index (χ3n) is 3.39. The summed E-state index contributed by atoms with van der Waals surface area (Å²) in [6.45, 7) is 11.3. The van der Waals surface area contributed by atoms with E-state index in [0.717, 1.165) is 0 Å². The molecule has 0 aliphatic rings. The molecule has 2 aromatic rings. The molecular formula is C18H22. The topological polar surface area (TPSA) is 0 Å². The van der Waals surface area contributed by atoms with Crippen molar-refractivity contribution in [2.45, 2.75) is 40.0 Å². The van der Waals surface area contributed by atoms with Crippen molar-refractivity contribution in [3.8, 4) is 11.1 Å². The highest BCUT2D eigenvalue weighted by molar-refractivity contribution is 5.66. The van der Waals surface area contributed by atoms with Gasteiger partial charge in [-0.1, -0.05) is 63.2 Å². The van der Waals surface area contributed by atoms with Gasteiger partial charge >= 0.3 is 0 Å². The molecule has 0 spiro atoms. The lowest BCUT2D eigenvalue weighted by Gasteiger charge is -2.25. The molecule has 18 heavy (non-hydrogen) atoms. The molecule has 0 saturated carbocycles. The van der Waals surface area contributed by atoms with Crippen molar-refractivity contribution in [3.63, 3.8) is 0 Å². The van der Waals surface area contributed by atoms with E-state index in [0.29, 0.717) is 0 Å². The van der Waals surface area contributed by atoms with E-state index in [-0.39, 0.29) is 5.41 Å². The molecule has 0 amide bonds. The minimum Gasteiger partial charge on any atom is -0.0622 e. The molecule has 2 rings (SSSR count).